The molecule has 0 aliphatic heterocycles. The van der Waals surface area contributed by atoms with Crippen molar-refractivity contribution in [3.05, 3.63) is 7.05 Å². The zero-order chi connectivity index (χ0) is 13.3. The van der Waals surface area contributed by atoms with Crippen molar-refractivity contribution in [3.63, 3.8) is 0 Å². The molecule has 0 aromatic carbocycles. The molecule has 0 spiro atoms. The molecule has 0 aromatic rings. The normalized spacial score (nSPS) is 10.5. The first kappa shape index (κ1) is 15.3. The summed E-state index contributed by atoms with van der Waals surface area (Å²) in [5.74, 6) is -1.11. The van der Waals surface area contributed by atoms with Gasteiger partial charge in [0.15, 0.2) is 0 Å². The third kappa shape index (κ3) is 9.27. The van der Waals surface area contributed by atoms with Crippen LogP contribution in [-0.2, 0) is 19.1 Å². The highest BCUT2D eigenvalue weighted by Crippen LogP contribution is 1.91. The van der Waals surface area contributed by atoms with Crippen molar-refractivity contribution in [1.29, 1.82) is 0 Å². The van der Waals surface area contributed by atoms with Crippen LogP contribution in [0.4, 0.5) is 0 Å². The van der Waals surface area contributed by atoms with Gasteiger partial charge >= 0.3 is 0 Å². The molecule has 4 N–H and O–H groups in total. The summed E-state index contributed by atoms with van der Waals surface area (Å²) in [6.07, 6.45) is 0. The average Bonchev–Trinajstić information content (AvgIpc) is 2.20. The van der Waals surface area contributed by atoms with Gasteiger partial charge in [-0.05, 0) is 0 Å². The van der Waals surface area contributed by atoms with Gasteiger partial charge in [-0.3, -0.25) is 24.2 Å². The summed E-state index contributed by atoms with van der Waals surface area (Å²) in [6.45, 7) is 0.602. The first-order valence-electron chi connectivity index (χ1n) is 4.79. The van der Waals surface area contributed by atoms with Crippen LogP contribution in [0.25, 0.3) is 0 Å². The molecule has 96 valence electrons. The molecule has 17 heavy (non-hydrogen) atoms. The average molecular weight is 244 g/mol. The van der Waals surface area contributed by atoms with Gasteiger partial charge in [-0.15, -0.1) is 0 Å². The lowest BCUT2D eigenvalue weighted by Crippen LogP contribution is -2.41. The predicted octanol–water partition coefficient (Wildman–Crippen LogP) is -2.64. The number of carbonyl (C=O) groups is 3. The minimum Gasteiger partial charge on any atom is -0.452 e. The Morgan fingerprint density at radius 3 is 2.24 bits per heavy atom. The van der Waals surface area contributed by atoms with Crippen molar-refractivity contribution in [1.82, 2.24) is 9.80 Å². The number of rotatable bonds is 10. The van der Waals surface area contributed by atoms with Crippen LogP contribution in [0.3, 0.4) is 0 Å². The van der Waals surface area contributed by atoms with E-state index in [1.807, 2.05) is 0 Å². The van der Waals surface area contributed by atoms with Crippen molar-refractivity contribution < 1.29 is 19.1 Å². The van der Waals surface area contributed by atoms with Gasteiger partial charge in [-0.1, -0.05) is 0 Å². The number of amides is 2. The van der Waals surface area contributed by atoms with Gasteiger partial charge in [-0.2, -0.15) is 0 Å². The summed E-state index contributed by atoms with van der Waals surface area (Å²) < 4.78 is 4.50. The van der Waals surface area contributed by atoms with Gasteiger partial charge in [-0.25, -0.2) is 0 Å². The van der Waals surface area contributed by atoms with E-state index in [0.29, 0.717) is 6.54 Å². The first-order chi connectivity index (χ1) is 7.95. The monoisotopic (exact) mass is 244 g/mol. The molecule has 0 unspecified atom stereocenters. The largest absolute Gasteiger partial charge is 0.452 e. The highest BCUT2D eigenvalue weighted by atomic mass is 16.5. The van der Waals surface area contributed by atoms with Gasteiger partial charge in [0.25, 0.3) is 6.47 Å². The molecule has 8 heteroatoms. The number of ether oxygens (including phenoxy) is 1. The van der Waals surface area contributed by atoms with Gasteiger partial charge in [0.1, 0.15) is 6.73 Å². The van der Waals surface area contributed by atoms with Crippen LogP contribution >= 0.6 is 0 Å². The van der Waals surface area contributed by atoms with Gasteiger partial charge in [0, 0.05) is 20.1 Å². The molecule has 0 aliphatic rings. The maximum atomic E-state index is 10.7. The number of hydrogen-bond acceptors (Lipinski definition) is 6. The van der Waals surface area contributed by atoms with Crippen LogP contribution in [0.15, 0.2) is 0 Å². The van der Waals surface area contributed by atoms with E-state index >= 15 is 0 Å². The van der Waals surface area contributed by atoms with Crippen molar-refractivity contribution in [2.24, 2.45) is 11.5 Å². The standard InChI is InChI=1S/C9H16N4O4/c1-12(4-8(10)15)2-3-13(5-9(11)16)6-17-7-14/h1,7H,2-6H2,(H2,10,15)(H2,11,16). The number of primary amides is 2. The van der Waals surface area contributed by atoms with Crippen LogP contribution in [0.2, 0.25) is 0 Å². The van der Waals surface area contributed by atoms with Crippen LogP contribution < -0.4 is 11.5 Å². The molecule has 0 saturated carbocycles. The Morgan fingerprint density at radius 1 is 1.18 bits per heavy atom. The number of nitrogens with two attached hydrogens (primary N) is 2. The number of hydrogen-bond donors (Lipinski definition) is 2. The van der Waals surface area contributed by atoms with E-state index in [-0.39, 0.29) is 32.8 Å². The minimum atomic E-state index is -0.557. The Labute approximate surface area is 99.5 Å². The third-order valence-corrected chi connectivity index (χ3v) is 1.77. The van der Waals surface area contributed by atoms with Crippen molar-refractivity contribution >= 4 is 18.3 Å². The molecule has 0 rings (SSSR count). The molecular weight excluding hydrogens is 228 g/mol. The maximum Gasteiger partial charge on any atom is 0.294 e. The van der Waals surface area contributed by atoms with E-state index in [1.165, 1.54) is 9.80 Å². The van der Waals surface area contributed by atoms with E-state index in [4.69, 9.17) is 18.5 Å². The fourth-order valence-corrected chi connectivity index (χ4v) is 1.09. The summed E-state index contributed by atoms with van der Waals surface area (Å²) in [5.41, 5.74) is 9.95. The minimum absolute atomic E-state index is 0.0712. The van der Waals surface area contributed by atoms with Gasteiger partial charge in [0.2, 0.25) is 11.8 Å². The quantitative estimate of drug-likeness (QED) is 0.246. The second kappa shape index (κ2) is 8.48. The number of nitrogens with zero attached hydrogens (tertiary/aromatic N) is 2. The lowest BCUT2D eigenvalue weighted by molar-refractivity contribution is -0.135. The van der Waals surface area contributed by atoms with Gasteiger partial charge in [0.05, 0.1) is 13.1 Å². The molecule has 0 aliphatic carbocycles. The molecule has 2 radical (unpaired) electrons. The summed E-state index contributed by atoms with van der Waals surface area (Å²) >= 11 is 0. The van der Waals surface area contributed by atoms with Crippen LogP contribution in [0, 0.1) is 7.05 Å². The smallest absolute Gasteiger partial charge is 0.294 e. The van der Waals surface area contributed by atoms with E-state index in [2.05, 4.69) is 4.74 Å². The van der Waals surface area contributed by atoms with E-state index < -0.39 is 11.8 Å². The SMILES string of the molecule is [CH]N(CCN(COC=O)CC(N)=O)CC(N)=O. The molecular formula is C9H16N4O4. The zero-order valence-electron chi connectivity index (χ0n) is 9.37. The van der Waals surface area contributed by atoms with Crippen LogP contribution in [0.5, 0.6) is 0 Å². The highest BCUT2D eigenvalue weighted by Gasteiger charge is 2.10. The molecule has 0 atom stereocenters. The third-order valence-electron chi connectivity index (χ3n) is 1.77. The Balaban J connectivity index is 4.00. The van der Waals surface area contributed by atoms with Crippen molar-refractivity contribution in [2.45, 2.75) is 0 Å². The number of carbonyl (C=O) groups excluding carboxylic acids is 3. The summed E-state index contributed by atoms with van der Waals surface area (Å²) in [4.78, 5) is 33.9. The van der Waals surface area contributed by atoms with Crippen molar-refractivity contribution in [2.75, 3.05) is 32.9 Å². The van der Waals surface area contributed by atoms with Gasteiger partial charge < -0.3 is 16.2 Å². The highest BCUT2D eigenvalue weighted by molar-refractivity contribution is 5.76. The summed E-state index contributed by atoms with van der Waals surface area (Å²) in [5, 5.41) is 0. The second-order valence-corrected chi connectivity index (χ2v) is 3.35. The Kier molecular flexibility index (Phi) is 7.65. The molecule has 0 heterocycles. The lowest BCUT2D eigenvalue weighted by atomic mass is 10.4. The molecule has 0 fully saturated rings. The fourth-order valence-electron chi connectivity index (χ4n) is 1.09. The predicted molar refractivity (Wildman–Crippen MR) is 57.9 cm³/mol. The molecule has 0 bridgehead atoms. The fraction of sp³-hybridized carbons (Fsp3) is 0.556. The van der Waals surface area contributed by atoms with E-state index in [0.717, 1.165) is 0 Å². The summed E-state index contributed by atoms with van der Waals surface area (Å²) in [7, 11) is 5.46. The van der Waals surface area contributed by atoms with Crippen molar-refractivity contribution in [3.8, 4) is 0 Å². The molecule has 8 nitrogen and oxygen atoms in total. The Hall–Kier alpha value is -1.67. The van der Waals surface area contributed by atoms with Crippen LogP contribution in [-0.4, -0.2) is 61.0 Å². The molecule has 2 amide bonds. The van der Waals surface area contributed by atoms with Crippen LogP contribution in [0.1, 0.15) is 0 Å². The maximum absolute atomic E-state index is 10.7. The first-order valence-corrected chi connectivity index (χ1v) is 4.79. The Bertz CT molecular complexity index is 272. The molecule has 0 aromatic heterocycles. The Morgan fingerprint density at radius 2 is 1.76 bits per heavy atom. The topological polar surface area (TPSA) is 119 Å². The van der Waals surface area contributed by atoms with E-state index in [9.17, 15) is 14.4 Å². The van der Waals surface area contributed by atoms with E-state index in [1.54, 1.807) is 0 Å². The lowest BCUT2D eigenvalue weighted by Gasteiger charge is -2.22. The molecule has 0 saturated heterocycles. The summed E-state index contributed by atoms with van der Waals surface area (Å²) in [6, 6.07) is 0. The zero-order valence-corrected chi connectivity index (χ0v) is 9.37. The second-order valence-electron chi connectivity index (χ2n) is 3.35.